The lowest BCUT2D eigenvalue weighted by atomic mass is 9.77. The molecule has 0 saturated carbocycles. The van der Waals surface area contributed by atoms with E-state index in [1.807, 2.05) is 0 Å². The normalized spacial score (nSPS) is 14.0. The van der Waals surface area contributed by atoms with E-state index >= 15 is 0 Å². The third-order valence-electron chi connectivity index (χ3n) is 4.32. The van der Waals surface area contributed by atoms with Gasteiger partial charge in [0.05, 0.1) is 13.5 Å². The molecule has 1 atom stereocenters. The number of hydrogen-bond acceptors (Lipinski definition) is 2. The molecule has 2 nitrogen and oxygen atoms in total. The number of carbonyl (C=O) groups excluding carboxylic acids is 1. The molecule has 0 amide bonds. The number of esters is 1. The van der Waals surface area contributed by atoms with E-state index in [1.165, 1.54) is 64.9 Å². The predicted molar refractivity (Wildman–Crippen MR) is 86.9 cm³/mol. The van der Waals surface area contributed by atoms with Crippen LogP contribution in [0.25, 0.3) is 0 Å². The van der Waals surface area contributed by atoms with E-state index in [0.29, 0.717) is 6.42 Å². The van der Waals surface area contributed by atoms with Crippen LogP contribution in [0.4, 0.5) is 0 Å². The summed E-state index contributed by atoms with van der Waals surface area (Å²) in [6.45, 7) is 6.76. The molecule has 0 aromatic carbocycles. The Balaban J connectivity index is 4.12. The van der Waals surface area contributed by atoms with Crippen molar-refractivity contribution in [3.8, 4) is 0 Å². The number of ether oxygens (including phenoxy) is 1. The zero-order valence-corrected chi connectivity index (χ0v) is 14.3. The van der Waals surface area contributed by atoms with Crippen molar-refractivity contribution in [1.82, 2.24) is 0 Å². The van der Waals surface area contributed by atoms with Crippen LogP contribution in [0, 0.1) is 5.41 Å². The molecule has 120 valence electrons. The average molecular weight is 284 g/mol. The fourth-order valence-corrected chi connectivity index (χ4v) is 2.86. The lowest BCUT2D eigenvalue weighted by Gasteiger charge is -2.28. The highest BCUT2D eigenvalue weighted by Gasteiger charge is 2.27. The van der Waals surface area contributed by atoms with E-state index in [2.05, 4.69) is 20.8 Å². The SMILES string of the molecule is CCCCCCCC(C)(CCCCCC)CC(=O)OC. The van der Waals surface area contributed by atoms with Gasteiger partial charge in [0.25, 0.3) is 0 Å². The van der Waals surface area contributed by atoms with Crippen molar-refractivity contribution in [2.75, 3.05) is 7.11 Å². The Morgan fingerprint density at radius 1 is 0.850 bits per heavy atom. The van der Waals surface area contributed by atoms with Crippen LogP contribution in [0.5, 0.6) is 0 Å². The second kappa shape index (κ2) is 12.2. The van der Waals surface area contributed by atoms with Crippen LogP contribution in [0.15, 0.2) is 0 Å². The van der Waals surface area contributed by atoms with Crippen LogP contribution < -0.4 is 0 Å². The van der Waals surface area contributed by atoms with Gasteiger partial charge in [0.1, 0.15) is 0 Å². The molecule has 0 saturated heterocycles. The molecule has 0 aliphatic rings. The first-order valence-electron chi connectivity index (χ1n) is 8.64. The number of methoxy groups -OCH3 is 1. The van der Waals surface area contributed by atoms with Crippen molar-refractivity contribution in [1.29, 1.82) is 0 Å². The molecule has 0 radical (unpaired) electrons. The molecule has 0 bridgehead atoms. The fraction of sp³-hybridized carbons (Fsp3) is 0.944. The predicted octanol–water partition coefficient (Wildman–Crippen LogP) is 5.89. The molecule has 20 heavy (non-hydrogen) atoms. The molecule has 0 fully saturated rings. The monoisotopic (exact) mass is 284 g/mol. The second-order valence-electron chi connectivity index (χ2n) is 6.54. The Labute approximate surface area is 126 Å². The maximum Gasteiger partial charge on any atom is 0.306 e. The quantitative estimate of drug-likeness (QED) is 0.311. The van der Waals surface area contributed by atoms with Crippen LogP contribution in [0.1, 0.15) is 97.8 Å². The highest BCUT2D eigenvalue weighted by molar-refractivity contribution is 5.70. The molecule has 0 aliphatic carbocycles. The van der Waals surface area contributed by atoms with Gasteiger partial charge in [-0.25, -0.2) is 0 Å². The summed E-state index contributed by atoms with van der Waals surface area (Å²) in [5, 5.41) is 0. The standard InChI is InChI=1S/C18H36O2/c1-5-7-9-11-13-15-18(3,16-17(19)20-4)14-12-10-8-6-2/h5-16H2,1-4H3. The van der Waals surface area contributed by atoms with Crippen molar-refractivity contribution in [3.63, 3.8) is 0 Å². The Bertz CT molecular complexity index is 238. The molecular formula is C18H36O2. The van der Waals surface area contributed by atoms with Crippen molar-refractivity contribution in [3.05, 3.63) is 0 Å². The highest BCUT2D eigenvalue weighted by atomic mass is 16.5. The second-order valence-corrected chi connectivity index (χ2v) is 6.54. The molecule has 0 spiro atoms. The number of unbranched alkanes of at least 4 members (excludes halogenated alkanes) is 7. The van der Waals surface area contributed by atoms with E-state index in [0.717, 1.165) is 12.8 Å². The Kier molecular flexibility index (Phi) is 11.9. The summed E-state index contributed by atoms with van der Waals surface area (Å²) in [7, 11) is 1.50. The average Bonchev–Trinajstić information content (AvgIpc) is 2.43. The minimum absolute atomic E-state index is 0.0449. The van der Waals surface area contributed by atoms with Crippen LogP contribution in [0.3, 0.4) is 0 Å². The molecule has 0 aromatic heterocycles. The van der Waals surface area contributed by atoms with Gasteiger partial charge in [0.2, 0.25) is 0 Å². The van der Waals surface area contributed by atoms with Crippen molar-refractivity contribution in [2.24, 2.45) is 5.41 Å². The van der Waals surface area contributed by atoms with Gasteiger partial charge in [0.15, 0.2) is 0 Å². The van der Waals surface area contributed by atoms with Crippen molar-refractivity contribution in [2.45, 2.75) is 97.8 Å². The summed E-state index contributed by atoms with van der Waals surface area (Å²) in [6.07, 6.45) is 14.5. The maximum atomic E-state index is 11.6. The van der Waals surface area contributed by atoms with Gasteiger partial charge in [-0.2, -0.15) is 0 Å². The van der Waals surface area contributed by atoms with E-state index in [9.17, 15) is 4.79 Å². The Hall–Kier alpha value is -0.530. The number of rotatable bonds is 13. The highest BCUT2D eigenvalue weighted by Crippen LogP contribution is 2.35. The van der Waals surface area contributed by atoms with Gasteiger partial charge >= 0.3 is 5.97 Å². The minimum Gasteiger partial charge on any atom is -0.469 e. The van der Waals surface area contributed by atoms with Gasteiger partial charge in [-0.3, -0.25) is 4.79 Å². The first-order valence-corrected chi connectivity index (χ1v) is 8.64. The molecule has 2 heteroatoms. The summed E-state index contributed by atoms with van der Waals surface area (Å²) in [4.78, 5) is 11.6. The molecule has 0 aliphatic heterocycles. The Morgan fingerprint density at radius 2 is 1.30 bits per heavy atom. The zero-order valence-electron chi connectivity index (χ0n) is 14.3. The van der Waals surface area contributed by atoms with Gasteiger partial charge in [-0.15, -0.1) is 0 Å². The van der Waals surface area contributed by atoms with Crippen LogP contribution in [-0.2, 0) is 9.53 Å². The first kappa shape index (κ1) is 19.5. The Morgan fingerprint density at radius 3 is 1.75 bits per heavy atom. The summed E-state index contributed by atoms with van der Waals surface area (Å²) in [5.74, 6) is -0.0449. The lowest BCUT2D eigenvalue weighted by molar-refractivity contribution is -0.143. The summed E-state index contributed by atoms with van der Waals surface area (Å²) >= 11 is 0. The molecule has 1 unspecified atom stereocenters. The smallest absolute Gasteiger partial charge is 0.306 e. The number of hydrogen-bond donors (Lipinski definition) is 0. The van der Waals surface area contributed by atoms with E-state index in [4.69, 9.17) is 4.74 Å². The third kappa shape index (κ3) is 10.3. The zero-order chi connectivity index (χ0) is 15.3. The summed E-state index contributed by atoms with van der Waals surface area (Å²) in [6, 6.07) is 0. The minimum atomic E-state index is -0.0449. The van der Waals surface area contributed by atoms with E-state index in [1.54, 1.807) is 0 Å². The third-order valence-corrected chi connectivity index (χ3v) is 4.32. The topological polar surface area (TPSA) is 26.3 Å². The van der Waals surface area contributed by atoms with Crippen LogP contribution in [-0.4, -0.2) is 13.1 Å². The molecular weight excluding hydrogens is 248 g/mol. The fourth-order valence-electron chi connectivity index (χ4n) is 2.86. The van der Waals surface area contributed by atoms with Gasteiger partial charge in [-0.05, 0) is 18.3 Å². The first-order chi connectivity index (χ1) is 9.58. The van der Waals surface area contributed by atoms with Gasteiger partial charge in [-0.1, -0.05) is 78.6 Å². The van der Waals surface area contributed by atoms with E-state index in [-0.39, 0.29) is 11.4 Å². The molecule has 0 N–H and O–H groups in total. The molecule has 0 heterocycles. The van der Waals surface area contributed by atoms with Crippen LogP contribution >= 0.6 is 0 Å². The molecule has 0 aromatic rings. The van der Waals surface area contributed by atoms with E-state index < -0.39 is 0 Å². The number of carbonyl (C=O) groups is 1. The molecule has 0 rings (SSSR count). The van der Waals surface area contributed by atoms with Crippen LogP contribution in [0.2, 0.25) is 0 Å². The maximum absolute atomic E-state index is 11.6. The van der Waals surface area contributed by atoms with Crippen molar-refractivity contribution < 1.29 is 9.53 Å². The van der Waals surface area contributed by atoms with Gasteiger partial charge < -0.3 is 4.74 Å². The summed E-state index contributed by atoms with van der Waals surface area (Å²) < 4.78 is 4.88. The summed E-state index contributed by atoms with van der Waals surface area (Å²) in [5.41, 5.74) is 0.146. The van der Waals surface area contributed by atoms with Gasteiger partial charge in [0, 0.05) is 0 Å². The van der Waals surface area contributed by atoms with Crippen molar-refractivity contribution >= 4 is 5.97 Å². The largest absolute Gasteiger partial charge is 0.469 e. The lowest BCUT2D eigenvalue weighted by Crippen LogP contribution is -2.22.